The SMILES string of the molecule is Cc1c(CCCN)cnn1C1CCS(=O)(=O)C1. The Hall–Kier alpha value is -0.880. The van der Waals surface area contributed by atoms with Crippen molar-refractivity contribution in [2.24, 2.45) is 5.73 Å². The van der Waals surface area contributed by atoms with Crippen molar-refractivity contribution >= 4 is 9.84 Å². The molecule has 17 heavy (non-hydrogen) atoms. The van der Waals surface area contributed by atoms with Gasteiger partial charge in [-0.05, 0) is 38.3 Å². The molecule has 1 atom stereocenters. The zero-order valence-electron chi connectivity index (χ0n) is 10.1. The molecule has 0 saturated carbocycles. The Balaban J connectivity index is 2.15. The quantitative estimate of drug-likeness (QED) is 0.849. The van der Waals surface area contributed by atoms with Crippen LogP contribution in [0.2, 0.25) is 0 Å². The summed E-state index contributed by atoms with van der Waals surface area (Å²) in [7, 11) is -2.85. The van der Waals surface area contributed by atoms with Gasteiger partial charge in [0.25, 0.3) is 0 Å². The first-order chi connectivity index (χ1) is 8.03. The highest BCUT2D eigenvalue weighted by atomic mass is 32.2. The predicted octanol–water partition coefficient (Wildman–Crippen LogP) is 0.442. The van der Waals surface area contributed by atoms with Gasteiger partial charge in [0.05, 0.1) is 23.7 Å². The van der Waals surface area contributed by atoms with E-state index in [1.165, 1.54) is 5.56 Å². The van der Waals surface area contributed by atoms with E-state index in [4.69, 9.17) is 5.73 Å². The molecule has 0 radical (unpaired) electrons. The lowest BCUT2D eigenvalue weighted by molar-refractivity contribution is 0.487. The first-order valence-corrected chi connectivity index (χ1v) is 7.79. The fourth-order valence-corrected chi connectivity index (χ4v) is 4.03. The zero-order chi connectivity index (χ0) is 12.5. The maximum Gasteiger partial charge on any atom is 0.152 e. The molecule has 0 spiro atoms. The van der Waals surface area contributed by atoms with E-state index in [2.05, 4.69) is 5.10 Å². The second-order valence-electron chi connectivity index (χ2n) is 4.65. The predicted molar refractivity (Wildman–Crippen MR) is 66.6 cm³/mol. The van der Waals surface area contributed by atoms with Gasteiger partial charge in [-0.1, -0.05) is 0 Å². The van der Waals surface area contributed by atoms with Crippen LogP contribution in [0.1, 0.15) is 30.1 Å². The highest BCUT2D eigenvalue weighted by Crippen LogP contribution is 2.25. The van der Waals surface area contributed by atoms with Crippen LogP contribution < -0.4 is 5.73 Å². The molecule has 1 aliphatic rings. The molecule has 1 aromatic rings. The van der Waals surface area contributed by atoms with E-state index >= 15 is 0 Å². The Morgan fingerprint density at radius 1 is 1.59 bits per heavy atom. The number of rotatable bonds is 4. The molecule has 1 fully saturated rings. The second-order valence-corrected chi connectivity index (χ2v) is 6.88. The average Bonchev–Trinajstić information content (AvgIpc) is 2.79. The van der Waals surface area contributed by atoms with E-state index in [1.54, 1.807) is 0 Å². The molecule has 0 bridgehead atoms. The number of nitrogens with two attached hydrogens (primary N) is 1. The molecule has 0 amide bonds. The van der Waals surface area contributed by atoms with Gasteiger partial charge < -0.3 is 5.73 Å². The summed E-state index contributed by atoms with van der Waals surface area (Å²) in [6.07, 6.45) is 4.38. The average molecular weight is 257 g/mol. The number of sulfone groups is 1. The molecule has 0 aliphatic carbocycles. The molecular weight excluding hydrogens is 238 g/mol. The van der Waals surface area contributed by atoms with Crippen LogP contribution in [0.25, 0.3) is 0 Å². The summed E-state index contributed by atoms with van der Waals surface area (Å²) in [6.45, 7) is 2.67. The second kappa shape index (κ2) is 4.78. The summed E-state index contributed by atoms with van der Waals surface area (Å²) in [5.41, 5.74) is 7.75. The van der Waals surface area contributed by atoms with Crippen LogP contribution in [-0.2, 0) is 16.3 Å². The number of hydrogen-bond donors (Lipinski definition) is 1. The van der Waals surface area contributed by atoms with Gasteiger partial charge in [-0.2, -0.15) is 5.10 Å². The van der Waals surface area contributed by atoms with Crippen LogP contribution in [0.4, 0.5) is 0 Å². The van der Waals surface area contributed by atoms with Crippen molar-refractivity contribution in [1.82, 2.24) is 9.78 Å². The van der Waals surface area contributed by atoms with Crippen molar-refractivity contribution in [3.8, 4) is 0 Å². The summed E-state index contributed by atoms with van der Waals surface area (Å²) in [5.74, 6) is 0.515. The Morgan fingerprint density at radius 3 is 2.94 bits per heavy atom. The molecule has 5 nitrogen and oxygen atoms in total. The Bertz CT molecular complexity index is 493. The molecule has 1 unspecified atom stereocenters. The van der Waals surface area contributed by atoms with E-state index in [-0.39, 0.29) is 17.5 Å². The Labute approximate surface area is 102 Å². The monoisotopic (exact) mass is 257 g/mol. The zero-order valence-corrected chi connectivity index (χ0v) is 10.9. The topological polar surface area (TPSA) is 78.0 Å². The number of nitrogens with zero attached hydrogens (tertiary/aromatic N) is 2. The third kappa shape index (κ3) is 2.69. The van der Waals surface area contributed by atoms with E-state index < -0.39 is 9.84 Å². The summed E-state index contributed by atoms with van der Waals surface area (Å²) in [4.78, 5) is 0. The minimum atomic E-state index is -2.85. The van der Waals surface area contributed by atoms with Crippen molar-refractivity contribution in [3.63, 3.8) is 0 Å². The standard InChI is InChI=1S/C11H19N3O2S/c1-9-10(3-2-5-12)7-13-14(9)11-4-6-17(15,16)8-11/h7,11H,2-6,8,12H2,1H3. The fraction of sp³-hybridized carbons (Fsp3) is 0.727. The maximum atomic E-state index is 11.4. The highest BCUT2D eigenvalue weighted by molar-refractivity contribution is 7.91. The summed E-state index contributed by atoms with van der Waals surface area (Å²) in [5, 5.41) is 4.33. The van der Waals surface area contributed by atoms with Crippen LogP contribution >= 0.6 is 0 Å². The smallest absolute Gasteiger partial charge is 0.152 e. The molecule has 2 N–H and O–H groups in total. The van der Waals surface area contributed by atoms with Gasteiger partial charge in [0.2, 0.25) is 0 Å². The number of aryl methyl sites for hydroxylation is 1. The summed E-state index contributed by atoms with van der Waals surface area (Å²) in [6, 6.07) is 0.0200. The molecule has 0 aromatic carbocycles. The Kier molecular flexibility index (Phi) is 3.53. The van der Waals surface area contributed by atoms with Gasteiger partial charge in [0, 0.05) is 5.69 Å². The third-order valence-electron chi connectivity index (χ3n) is 3.35. The van der Waals surface area contributed by atoms with Crippen LogP contribution in [0, 0.1) is 6.92 Å². The molecule has 6 heteroatoms. The van der Waals surface area contributed by atoms with Crippen LogP contribution in [0.3, 0.4) is 0 Å². The van der Waals surface area contributed by atoms with Crippen molar-refractivity contribution < 1.29 is 8.42 Å². The third-order valence-corrected chi connectivity index (χ3v) is 5.10. The molecule has 1 aromatic heterocycles. The van der Waals surface area contributed by atoms with Crippen molar-refractivity contribution in [2.45, 2.75) is 32.2 Å². The first-order valence-electron chi connectivity index (χ1n) is 5.97. The first kappa shape index (κ1) is 12.6. The van der Waals surface area contributed by atoms with Crippen molar-refractivity contribution in [2.75, 3.05) is 18.1 Å². The number of aromatic nitrogens is 2. The largest absolute Gasteiger partial charge is 0.330 e. The molecule has 96 valence electrons. The lowest BCUT2D eigenvalue weighted by atomic mass is 10.1. The van der Waals surface area contributed by atoms with Crippen molar-refractivity contribution in [3.05, 3.63) is 17.5 Å². The van der Waals surface area contributed by atoms with Gasteiger partial charge in [-0.15, -0.1) is 0 Å². The normalized spacial score (nSPS) is 23.1. The van der Waals surface area contributed by atoms with Gasteiger partial charge in [0.1, 0.15) is 0 Å². The molecule has 2 rings (SSSR count). The summed E-state index contributed by atoms with van der Waals surface area (Å²) < 4.78 is 24.8. The lowest BCUT2D eigenvalue weighted by Gasteiger charge is -2.11. The fourth-order valence-electron chi connectivity index (χ4n) is 2.33. The van der Waals surface area contributed by atoms with E-state index in [0.29, 0.717) is 13.0 Å². The van der Waals surface area contributed by atoms with E-state index in [0.717, 1.165) is 18.5 Å². The lowest BCUT2D eigenvalue weighted by Crippen LogP contribution is -2.14. The van der Waals surface area contributed by atoms with E-state index in [9.17, 15) is 8.42 Å². The van der Waals surface area contributed by atoms with Gasteiger partial charge in [0.15, 0.2) is 9.84 Å². The van der Waals surface area contributed by atoms with Crippen molar-refractivity contribution in [1.29, 1.82) is 0 Å². The van der Waals surface area contributed by atoms with E-state index in [1.807, 2.05) is 17.8 Å². The number of hydrogen-bond acceptors (Lipinski definition) is 4. The van der Waals surface area contributed by atoms with Crippen LogP contribution in [0.5, 0.6) is 0 Å². The Morgan fingerprint density at radius 2 is 2.35 bits per heavy atom. The highest BCUT2D eigenvalue weighted by Gasteiger charge is 2.30. The molecule has 1 saturated heterocycles. The van der Waals surface area contributed by atoms with Gasteiger partial charge in [-0.3, -0.25) is 4.68 Å². The van der Waals surface area contributed by atoms with Crippen LogP contribution in [0.15, 0.2) is 6.20 Å². The minimum absolute atomic E-state index is 0.0200. The molecule has 2 heterocycles. The van der Waals surface area contributed by atoms with Gasteiger partial charge in [-0.25, -0.2) is 8.42 Å². The summed E-state index contributed by atoms with van der Waals surface area (Å²) >= 11 is 0. The minimum Gasteiger partial charge on any atom is -0.330 e. The molecular formula is C11H19N3O2S. The maximum absolute atomic E-state index is 11.4. The molecule has 1 aliphatic heterocycles. The van der Waals surface area contributed by atoms with Crippen LogP contribution in [-0.4, -0.2) is 36.2 Å². The van der Waals surface area contributed by atoms with Gasteiger partial charge >= 0.3 is 0 Å².